The Labute approximate surface area is 108 Å². The molecule has 0 fully saturated rings. The normalized spacial score (nSPS) is 19.1. The molecule has 2 rings (SSSR count). The molecule has 1 N–H and O–H groups in total. The Hall–Kier alpha value is -1.26. The molecule has 1 atom stereocenters. The molecule has 0 aromatic heterocycles. The summed E-state index contributed by atoms with van der Waals surface area (Å²) < 4.78 is 11.5. The Morgan fingerprint density at radius 3 is 2.67 bits per heavy atom. The first-order chi connectivity index (χ1) is 8.44. The van der Waals surface area contributed by atoms with Gasteiger partial charge in [-0.1, -0.05) is 12.1 Å². The summed E-state index contributed by atoms with van der Waals surface area (Å²) in [5, 5.41) is 9.76. The molecule has 1 unspecified atom stereocenters. The van der Waals surface area contributed by atoms with Gasteiger partial charge in [-0.2, -0.15) is 0 Å². The van der Waals surface area contributed by atoms with E-state index in [2.05, 4.69) is 4.90 Å². The minimum Gasteiger partial charge on any atom is -0.486 e. The number of nitrogens with zero attached hydrogens (tertiary/aromatic N) is 1. The molecular weight excluding hydrogens is 230 g/mol. The third-order valence-corrected chi connectivity index (χ3v) is 2.74. The van der Waals surface area contributed by atoms with Crippen molar-refractivity contribution in [2.75, 3.05) is 26.7 Å². The van der Waals surface area contributed by atoms with Crippen LogP contribution in [0.15, 0.2) is 24.3 Å². The van der Waals surface area contributed by atoms with Crippen molar-refractivity contribution in [1.82, 2.24) is 4.90 Å². The van der Waals surface area contributed by atoms with E-state index in [4.69, 9.17) is 9.47 Å². The van der Waals surface area contributed by atoms with Crippen LogP contribution in [0.3, 0.4) is 0 Å². The Morgan fingerprint density at radius 1 is 1.33 bits per heavy atom. The minimum atomic E-state index is -0.692. The molecule has 1 aromatic rings. The summed E-state index contributed by atoms with van der Waals surface area (Å²) in [6.07, 6.45) is 0.00671. The third kappa shape index (κ3) is 3.62. The van der Waals surface area contributed by atoms with Crippen LogP contribution in [0.4, 0.5) is 0 Å². The molecular formula is C14H21NO3. The van der Waals surface area contributed by atoms with Crippen molar-refractivity contribution in [1.29, 1.82) is 0 Å². The SMILES string of the molecule is CN(CC1COc2ccccc2O1)CC(C)(C)O. The van der Waals surface area contributed by atoms with Gasteiger partial charge >= 0.3 is 0 Å². The fraction of sp³-hybridized carbons (Fsp3) is 0.571. The number of ether oxygens (including phenoxy) is 2. The average Bonchev–Trinajstić information content (AvgIpc) is 2.26. The molecule has 0 aliphatic carbocycles. The maximum absolute atomic E-state index is 9.76. The van der Waals surface area contributed by atoms with E-state index in [0.717, 1.165) is 18.0 Å². The average molecular weight is 251 g/mol. The summed E-state index contributed by atoms with van der Waals surface area (Å²) in [6, 6.07) is 7.69. The fourth-order valence-electron chi connectivity index (χ4n) is 2.23. The lowest BCUT2D eigenvalue weighted by atomic mass is 10.1. The zero-order chi connectivity index (χ0) is 13.2. The Kier molecular flexibility index (Phi) is 3.78. The van der Waals surface area contributed by atoms with E-state index < -0.39 is 5.60 Å². The topological polar surface area (TPSA) is 41.9 Å². The monoisotopic (exact) mass is 251 g/mol. The summed E-state index contributed by atoms with van der Waals surface area (Å²) >= 11 is 0. The first-order valence-corrected chi connectivity index (χ1v) is 6.23. The van der Waals surface area contributed by atoms with Gasteiger partial charge in [0.05, 0.1) is 5.60 Å². The van der Waals surface area contributed by atoms with Crippen LogP contribution < -0.4 is 9.47 Å². The fourth-order valence-corrected chi connectivity index (χ4v) is 2.23. The largest absolute Gasteiger partial charge is 0.486 e. The van der Waals surface area contributed by atoms with Gasteiger partial charge in [0.1, 0.15) is 12.7 Å². The summed E-state index contributed by atoms with van der Waals surface area (Å²) in [4.78, 5) is 2.06. The van der Waals surface area contributed by atoms with Crippen LogP contribution in [-0.4, -0.2) is 48.5 Å². The van der Waals surface area contributed by atoms with Crippen LogP contribution in [0.5, 0.6) is 11.5 Å². The highest BCUT2D eigenvalue weighted by molar-refractivity contribution is 5.40. The maximum atomic E-state index is 9.76. The van der Waals surface area contributed by atoms with Gasteiger partial charge in [-0.3, -0.25) is 4.90 Å². The summed E-state index contributed by atoms with van der Waals surface area (Å²) in [5.74, 6) is 1.60. The van der Waals surface area contributed by atoms with Crippen LogP contribution in [0.1, 0.15) is 13.8 Å². The quantitative estimate of drug-likeness (QED) is 0.881. The van der Waals surface area contributed by atoms with Crippen molar-refractivity contribution < 1.29 is 14.6 Å². The maximum Gasteiger partial charge on any atom is 0.161 e. The number of likely N-dealkylation sites (N-methyl/N-ethyl adjacent to an activating group) is 1. The molecule has 0 radical (unpaired) electrons. The van der Waals surface area contributed by atoms with E-state index in [1.54, 1.807) is 13.8 Å². The van der Waals surface area contributed by atoms with E-state index in [9.17, 15) is 5.11 Å². The molecule has 0 bridgehead atoms. The molecule has 1 aliphatic rings. The van der Waals surface area contributed by atoms with Gasteiger partial charge in [-0.05, 0) is 33.0 Å². The van der Waals surface area contributed by atoms with E-state index in [-0.39, 0.29) is 6.10 Å². The van der Waals surface area contributed by atoms with Crippen molar-refractivity contribution in [3.05, 3.63) is 24.3 Å². The van der Waals surface area contributed by atoms with Crippen molar-refractivity contribution in [3.8, 4) is 11.5 Å². The molecule has 1 aliphatic heterocycles. The first-order valence-electron chi connectivity index (χ1n) is 6.23. The molecule has 0 saturated heterocycles. The van der Waals surface area contributed by atoms with E-state index >= 15 is 0 Å². The van der Waals surface area contributed by atoms with E-state index in [1.165, 1.54) is 0 Å². The predicted molar refractivity (Wildman–Crippen MR) is 70.1 cm³/mol. The predicted octanol–water partition coefficient (Wildman–Crippen LogP) is 1.53. The molecule has 0 spiro atoms. The smallest absolute Gasteiger partial charge is 0.161 e. The number of benzene rings is 1. The number of para-hydroxylation sites is 2. The van der Waals surface area contributed by atoms with Gasteiger partial charge in [-0.25, -0.2) is 0 Å². The van der Waals surface area contributed by atoms with Gasteiger partial charge in [0.15, 0.2) is 11.5 Å². The third-order valence-electron chi connectivity index (χ3n) is 2.74. The number of rotatable bonds is 4. The van der Waals surface area contributed by atoms with Crippen molar-refractivity contribution in [2.24, 2.45) is 0 Å². The first kappa shape index (κ1) is 13.2. The summed E-state index contributed by atoms with van der Waals surface area (Å²) in [5.41, 5.74) is -0.692. The number of hydrogen-bond donors (Lipinski definition) is 1. The number of hydrogen-bond acceptors (Lipinski definition) is 4. The molecule has 18 heavy (non-hydrogen) atoms. The molecule has 0 amide bonds. The Bertz CT molecular complexity index is 400. The zero-order valence-corrected chi connectivity index (χ0v) is 11.2. The molecule has 1 aromatic carbocycles. The standard InChI is InChI=1S/C14H21NO3/c1-14(2,16)10-15(3)8-11-9-17-12-6-4-5-7-13(12)18-11/h4-7,11,16H,8-10H2,1-3H3. The lowest BCUT2D eigenvalue weighted by Gasteiger charge is -2.31. The molecule has 100 valence electrons. The second-order valence-corrected chi connectivity index (χ2v) is 5.51. The lowest BCUT2D eigenvalue weighted by Crippen LogP contribution is -2.44. The second kappa shape index (κ2) is 5.16. The van der Waals surface area contributed by atoms with Gasteiger partial charge in [0, 0.05) is 13.1 Å². The molecule has 0 saturated carbocycles. The van der Waals surface area contributed by atoms with Gasteiger partial charge < -0.3 is 14.6 Å². The van der Waals surface area contributed by atoms with Gasteiger partial charge in [0.2, 0.25) is 0 Å². The van der Waals surface area contributed by atoms with Gasteiger partial charge in [-0.15, -0.1) is 0 Å². The van der Waals surface area contributed by atoms with E-state index in [0.29, 0.717) is 13.2 Å². The number of aliphatic hydroxyl groups is 1. The highest BCUT2D eigenvalue weighted by Gasteiger charge is 2.24. The molecule has 4 nitrogen and oxygen atoms in total. The van der Waals surface area contributed by atoms with E-state index in [1.807, 2.05) is 31.3 Å². The van der Waals surface area contributed by atoms with Crippen LogP contribution in [0.2, 0.25) is 0 Å². The number of fused-ring (bicyclic) bond motifs is 1. The molecule has 4 heteroatoms. The summed E-state index contributed by atoms with van der Waals surface area (Å²) in [6.45, 7) is 5.49. The minimum absolute atomic E-state index is 0.00671. The van der Waals surface area contributed by atoms with Crippen LogP contribution in [0.25, 0.3) is 0 Å². The van der Waals surface area contributed by atoms with Crippen molar-refractivity contribution in [3.63, 3.8) is 0 Å². The van der Waals surface area contributed by atoms with Crippen LogP contribution >= 0.6 is 0 Å². The van der Waals surface area contributed by atoms with Gasteiger partial charge in [0.25, 0.3) is 0 Å². The Balaban J connectivity index is 1.90. The van der Waals surface area contributed by atoms with Crippen LogP contribution in [0, 0.1) is 0 Å². The second-order valence-electron chi connectivity index (χ2n) is 5.51. The summed E-state index contributed by atoms with van der Waals surface area (Å²) in [7, 11) is 1.97. The zero-order valence-electron chi connectivity index (χ0n) is 11.2. The van der Waals surface area contributed by atoms with Crippen LogP contribution in [-0.2, 0) is 0 Å². The Morgan fingerprint density at radius 2 is 2.00 bits per heavy atom. The highest BCUT2D eigenvalue weighted by Crippen LogP contribution is 2.30. The molecule has 1 heterocycles. The highest BCUT2D eigenvalue weighted by atomic mass is 16.6. The van der Waals surface area contributed by atoms with Crippen molar-refractivity contribution in [2.45, 2.75) is 25.6 Å². The van der Waals surface area contributed by atoms with Crippen molar-refractivity contribution >= 4 is 0 Å². The lowest BCUT2D eigenvalue weighted by molar-refractivity contribution is 0.0175.